The van der Waals surface area contributed by atoms with Crippen molar-refractivity contribution in [2.45, 2.75) is 17.1 Å². The first kappa shape index (κ1) is 33.8. The lowest BCUT2D eigenvalue weighted by molar-refractivity contribution is -0.116. The van der Waals surface area contributed by atoms with Gasteiger partial charge < -0.3 is 16.0 Å². The van der Waals surface area contributed by atoms with Gasteiger partial charge in [0.2, 0.25) is 5.91 Å². The zero-order valence-corrected chi connectivity index (χ0v) is 28.1. The van der Waals surface area contributed by atoms with E-state index in [-0.39, 0.29) is 11.6 Å². The fraction of sp³-hybridized carbons (Fsp3) is 0.0541. The number of hydrogen-bond acceptors (Lipinski definition) is 4. The predicted molar refractivity (Wildman–Crippen MR) is 193 cm³/mol. The van der Waals surface area contributed by atoms with E-state index in [0.29, 0.717) is 37.6 Å². The summed E-state index contributed by atoms with van der Waals surface area (Å²) >= 11 is 20.3. The zero-order chi connectivity index (χ0) is 33.3. The largest absolute Gasteiger partial charge is 0.325 e. The van der Waals surface area contributed by atoms with Crippen LogP contribution in [0.1, 0.15) is 32.3 Å². The Morgan fingerprint density at radius 2 is 1.38 bits per heavy atom. The third-order valence-corrected chi connectivity index (χ3v) is 9.10. The molecule has 0 radical (unpaired) electrons. The van der Waals surface area contributed by atoms with E-state index in [9.17, 15) is 14.4 Å². The van der Waals surface area contributed by atoms with Crippen molar-refractivity contribution >= 4 is 81.7 Å². The SMILES string of the molecule is Cc1ccc(Cl)cc1NC(=O)C(Sc1cccc(NC(=O)/C(=C\c2c(Cl)cccc2Cl)NC(=O)c2ccccc2)c1)c1ccccc1. The van der Waals surface area contributed by atoms with E-state index in [1.54, 1.807) is 78.9 Å². The molecule has 0 saturated carbocycles. The summed E-state index contributed by atoms with van der Waals surface area (Å²) < 4.78 is 0. The third-order valence-electron chi connectivity index (χ3n) is 6.96. The Hall–Kier alpha value is -4.53. The maximum atomic E-state index is 13.7. The van der Waals surface area contributed by atoms with Gasteiger partial charge in [0.1, 0.15) is 10.9 Å². The number of benzene rings is 5. The number of anilines is 2. The Bertz CT molecular complexity index is 1930. The first-order valence-electron chi connectivity index (χ1n) is 14.4. The number of hydrogen-bond donors (Lipinski definition) is 3. The molecule has 0 aliphatic carbocycles. The molecule has 1 atom stereocenters. The van der Waals surface area contributed by atoms with Crippen molar-refractivity contribution in [1.29, 1.82) is 0 Å². The van der Waals surface area contributed by atoms with E-state index < -0.39 is 17.1 Å². The molecule has 0 spiro atoms. The van der Waals surface area contributed by atoms with Gasteiger partial charge in [-0.2, -0.15) is 0 Å². The third kappa shape index (κ3) is 9.05. The second kappa shape index (κ2) is 15.8. The van der Waals surface area contributed by atoms with Gasteiger partial charge in [-0.3, -0.25) is 14.4 Å². The topological polar surface area (TPSA) is 87.3 Å². The average Bonchev–Trinajstić information content (AvgIpc) is 3.07. The van der Waals surface area contributed by atoms with E-state index in [2.05, 4.69) is 16.0 Å². The molecule has 6 nitrogen and oxygen atoms in total. The molecule has 5 aromatic carbocycles. The van der Waals surface area contributed by atoms with Gasteiger partial charge in [0.05, 0.1) is 0 Å². The number of aryl methyl sites for hydroxylation is 1. The van der Waals surface area contributed by atoms with Crippen molar-refractivity contribution in [2.24, 2.45) is 0 Å². The van der Waals surface area contributed by atoms with Gasteiger partial charge in [-0.15, -0.1) is 11.8 Å². The van der Waals surface area contributed by atoms with Crippen LogP contribution in [0.2, 0.25) is 15.1 Å². The molecule has 1 unspecified atom stereocenters. The highest BCUT2D eigenvalue weighted by atomic mass is 35.5. The number of carbonyl (C=O) groups excluding carboxylic acids is 3. The van der Waals surface area contributed by atoms with Gasteiger partial charge in [0.15, 0.2) is 0 Å². The summed E-state index contributed by atoms with van der Waals surface area (Å²) in [6.45, 7) is 1.90. The first-order valence-corrected chi connectivity index (χ1v) is 16.4. The quantitative estimate of drug-likeness (QED) is 0.100. The van der Waals surface area contributed by atoms with Crippen molar-refractivity contribution in [3.63, 3.8) is 0 Å². The van der Waals surface area contributed by atoms with Crippen LogP contribution in [-0.2, 0) is 9.59 Å². The van der Waals surface area contributed by atoms with Gasteiger partial charge in [-0.1, -0.05) is 102 Å². The molecule has 0 aliphatic heterocycles. The second-order valence-electron chi connectivity index (χ2n) is 10.4. The van der Waals surface area contributed by atoms with Gasteiger partial charge in [-0.25, -0.2) is 0 Å². The molecule has 0 aliphatic rings. The highest BCUT2D eigenvalue weighted by molar-refractivity contribution is 8.00. The summed E-state index contributed by atoms with van der Waals surface area (Å²) in [6, 6.07) is 35.3. The van der Waals surface area contributed by atoms with Crippen molar-refractivity contribution < 1.29 is 14.4 Å². The van der Waals surface area contributed by atoms with Crippen molar-refractivity contribution in [2.75, 3.05) is 10.6 Å². The molecule has 5 rings (SSSR count). The molecule has 10 heteroatoms. The highest BCUT2D eigenvalue weighted by Gasteiger charge is 2.23. The summed E-state index contributed by atoms with van der Waals surface area (Å²) in [5.41, 5.74) is 3.44. The fourth-order valence-corrected chi connectivity index (χ4v) is 6.31. The monoisotopic (exact) mass is 699 g/mol. The standard InChI is InChI=1S/C37H28Cl3N3O3S/c1-23-18-19-26(38)20-32(23)42-37(46)34(24-10-4-2-5-11-24)47-28-15-8-14-27(21-28)41-36(45)33(22-29-30(39)16-9-17-31(29)40)43-35(44)25-12-6-3-7-13-25/h2-22,34H,1H3,(H,41,45)(H,42,46)(H,43,44)/b33-22+. The summed E-state index contributed by atoms with van der Waals surface area (Å²) in [4.78, 5) is 41.1. The van der Waals surface area contributed by atoms with Gasteiger partial charge in [0.25, 0.3) is 11.8 Å². The Balaban J connectivity index is 1.41. The van der Waals surface area contributed by atoms with E-state index in [1.807, 2.05) is 49.4 Å². The molecule has 47 heavy (non-hydrogen) atoms. The lowest BCUT2D eigenvalue weighted by Gasteiger charge is -2.19. The second-order valence-corrected chi connectivity index (χ2v) is 12.8. The zero-order valence-electron chi connectivity index (χ0n) is 25.0. The molecule has 0 heterocycles. The number of carbonyl (C=O) groups is 3. The highest BCUT2D eigenvalue weighted by Crippen LogP contribution is 2.38. The molecule has 3 amide bonds. The maximum Gasteiger partial charge on any atom is 0.272 e. The summed E-state index contributed by atoms with van der Waals surface area (Å²) in [5.74, 6) is -1.31. The van der Waals surface area contributed by atoms with Crippen LogP contribution in [0.25, 0.3) is 6.08 Å². The Morgan fingerprint density at radius 1 is 0.723 bits per heavy atom. The van der Waals surface area contributed by atoms with Crippen molar-refractivity contribution in [3.8, 4) is 0 Å². The molecule has 236 valence electrons. The summed E-state index contributed by atoms with van der Waals surface area (Å²) in [7, 11) is 0. The predicted octanol–water partition coefficient (Wildman–Crippen LogP) is 9.84. The summed E-state index contributed by atoms with van der Waals surface area (Å²) in [6.07, 6.45) is 1.44. The van der Waals surface area contributed by atoms with Crippen molar-refractivity contribution in [1.82, 2.24) is 5.32 Å². The number of rotatable bonds is 10. The summed E-state index contributed by atoms with van der Waals surface area (Å²) in [5, 5.41) is 9.09. The van der Waals surface area contributed by atoms with Crippen LogP contribution < -0.4 is 16.0 Å². The van der Waals surface area contributed by atoms with E-state index in [4.69, 9.17) is 34.8 Å². The number of thioether (sulfide) groups is 1. The lowest BCUT2D eigenvalue weighted by atomic mass is 10.1. The lowest BCUT2D eigenvalue weighted by Crippen LogP contribution is -2.30. The van der Waals surface area contributed by atoms with Crippen LogP contribution in [0, 0.1) is 6.92 Å². The molecule has 0 fully saturated rings. The minimum absolute atomic E-state index is 0.0645. The Morgan fingerprint density at radius 3 is 2.09 bits per heavy atom. The van der Waals surface area contributed by atoms with Crippen LogP contribution in [-0.4, -0.2) is 17.7 Å². The van der Waals surface area contributed by atoms with Crippen molar-refractivity contribution in [3.05, 3.63) is 164 Å². The maximum absolute atomic E-state index is 13.7. The Labute approximate surface area is 292 Å². The number of halogens is 3. The Kier molecular flexibility index (Phi) is 11.4. The first-order chi connectivity index (χ1) is 22.7. The molecule has 5 aromatic rings. The van der Waals surface area contributed by atoms with E-state index in [1.165, 1.54) is 17.8 Å². The minimum Gasteiger partial charge on any atom is -0.325 e. The van der Waals surface area contributed by atoms with Crippen LogP contribution >= 0.6 is 46.6 Å². The molecule has 0 bridgehead atoms. The normalized spacial score (nSPS) is 11.8. The van der Waals surface area contributed by atoms with Gasteiger partial charge >= 0.3 is 0 Å². The minimum atomic E-state index is -0.622. The van der Waals surface area contributed by atoms with Crippen LogP contribution in [0.4, 0.5) is 11.4 Å². The van der Waals surface area contributed by atoms with E-state index >= 15 is 0 Å². The van der Waals surface area contributed by atoms with Crippen LogP contribution in [0.15, 0.2) is 132 Å². The van der Waals surface area contributed by atoms with Gasteiger partial charge in [0, 0.05) is 42.5 Å². The fourth-order valence-electron chi connectivity index (χ4n) is 4.54. The van der Waals surface area contributed by atoms with Gasteiger partial charge in [-0.05, 0) is 78.7 Å². The smallest absolute Gasteiger partial charge is 0.272 e. The molecule has 0 saturated heterocycles. The number of nitrogens with one attached hydrogen (secondary N) is 3. The molecule has 0 aromatic heterocycles. The average molecular weight is 701 g/mol. The molecule has 3 N–H and O–H groups in total. The molecular weight excluding hydrogens is 673 g/mol. The number of amides is 3. The van der Waals surface area contributed by atoms with E-state index in [0.717, 1.165) is 16.0 Å². The van der Waals surface area contributed by atoms with Crippen LogP contribution in [0.5, 0.6) is 0 Å². The molecular formula is C37H28Cl3N3O3S. The van der Waals surface area contributed by atoms with Crippen LogP contribution in [0.3, 0.4) is 0 Å².